The van der Waals surface area contributed by atoms with Crippen LogP contribution in [0.4, 0.5) is 0 Å². The van der Waals surface area contributed by atoms with E-state index in [-0.39, 0.29) is 12.2 Å². The van der Waals surface area contributed by atoms with Crippen LogP contribution >= 0.6 is 0 Å². The number of carbonyl (C=O) groups is 1. The molecule has 0 aliphatic carbocycles. The van der Waals surface area contributed by atoms with Gasteiger partial charge in [-0.05, 0) is 24.1 Å². The molecular weight excluding hydrogens is 173 g/mol. The summed E-state index contributed by atoms with van der Waals surface area (Å²) >= 11 is 0. The molecule has 0 aliphatic rings. The first-order chi connectivity index (χ1) is 6.09. The van der Waals surface area contributed by atoms with Gasteiger partial charge in [0, 0.05) is 0 Å². The maximum absolute atomic E-state index is 10.4. The van der Waals surface area contributed by atoms with Gasteiger partial charge < -0.3 is 15.9 Å². The predicted molar refractivity (Wildman–Crippen MR) is 47.4 cm³/mol. The average Bonchev–Trinajstić information content (AvgIpc) is 2.08. The highest BCUT2D eigenvalue weighted by atomic mass is 16.4. The minimum absolute atomic E-state index is 0.160. The molecule has 0 bridgehead atoms. The van der Waals surface area contributed by atoms with E-state index in [4.69, 9.17) is 15.9 Å². The summed E-state index contributed by atoms with van der Waals surface area (Å²) in [5.74, 6) is -0.860. The Kier molecular flexibility index (Phi) is 2.87. The second kappa shape index (κ2) is 3.91. The van der Waals surface area contributed by atoms with E-state index in [2.05, 4.69) is 0 Å². The van der Waals surface area contributed by atoms with Crippen LogP contribution in [0.15, 0.2) is 24.3 Å². The van der Waals surface area contributed by atoms with Crippen LogP contribution < -0.4 is 5.73 Å². The summed E-state index contributed by atoms with van der Waals surface area (Å²) in [4.78, 5) is 10.4. The van der Waals surface area contributed by atoms with E-state index in [9.17, 15) is 4.79 Å². The van der Waals surface area contributed by atoms with Gasteiger partial charge in [-0.3, -0.25) is 4.79 Å². The van der Waals surface area contributed by atoms with E-state index in [1.54, 1.807) is 12.1 Å². The number of nitrogens with two attached hydrogens (primary N) is 1. The van der Waals surface area contributed by atoms with E-state index >= 15 is 0 Å². The van der Waals surface area contributed by atoms with Crippen LogP contribution in [0.2, 0.25) is 0 Å². The molecule has 1 atom stereocenters. The van der Waals surface area contributed by atoms with Crippen LogP contribution in [0.25, 0.3) is 0 Å². The average molecular weight is 184 g/mol. The molecule has 0 heterocycles. The van der Waals surface area contributed by atoms with Crippen molar-refractivity contribution in [2.45, 2.75) is 12.5 Å². The second-order valence-corrected chi connectivity index (χ2v) is 2.82. The molecule has 0 saturated carbocycles. The normalized spacial score (nSPS) is 12.4. The van der Waals surface area contributed by atoms with Crippen molar-refractivity contribution in [1.82, 2.24) is 0 Å². The Morgan fingerprint density at radius 2 is 1.92 bits per heavy atom. The van der Waals surface area contributed by atoms with Crippen molar-refractivity contribution in [3.63, 3.8) is 0 Å². The van der Waals surface area contributed by atoms with Gasteiger partial charge in [0.25, 0.3) is 0 Å². The van der Waals surface area contributed by atoms with Gasteiger partial charge >= 0.3 is 5.97 Å². The minimum atomic E-state index is -1.02. The third-order valence-electron chi connectivity index (χ3n) is 1.71. The van der Waals surface area contributed by atoms with Gasteiger partial charge in [-0.25, -0.2) is 0 Å². The van der Waals surface area contributed by atoms with Crippen molar-refractivity contribution >= 4 is 5.97 Å². The van der Waals surface area contributed by atoms with E-state index in [1.807, 2.05) is 0 Å². The first kappa shape index (κ1) is 9.54. The van der Waals surface area contributed by atoms with Crippen LogP contribution in [0.1, 0.15) is 5.56 Å². The Morgan fingerprint density at radius 1 is 1.38 bits per heavy atom. The molecule has 0 radical (unpaired) electrons. The summed E-state index contributed by atoms with van der Waals surface area (Å²) in [5, 5.41) is 17.5. The largest absolute Gasteiger partial charge is 0.508 e. The maximum atomic E-state index is 10.4. The van der Waals surface area contributed by atoms with Gasteiger partial charge in [0.2, 0.25) is 0 Å². The van der Waals surface area contributed by atoms with Gasteiger partial charge in [0.05, 0.1) is 0 Å². The fourth-order valence-electron chi connectivity index (χ4n) is 0.973. The summed E-state index contributed by atoms with van der Waals surface area (Å²) in [6, 6.07) is 5.42. The van der Waals surface area contributed by atoms with Crippen molar-refractivity contribution in [2.24, 2.45) is 5.73 Å². The standard InChI is InChI=1S/C9H11NO3/c10-8(9(12)13)5-6-1-3-7(11)4-2-6/h1-4,8,11H,5,10H2,(H,12,13)/t8-/m0/s1/i1+1,3+1,6+1. The molecule has 1 aromatic carbocycles. The van der Waals surface area contributed by atoms with Crippen LogP contribution in [-0.4, -0.2) is 22.2 Å². The quantitative estimate of drug-likeness (QED) is 0.632. The highest BCUT2D eigenvalue weighted by molar-refractivity contribution is 5.73. The molecule has 0 amide bonds. The first-order valence-corrected chi connectivity index (χ1v) is 3.86. The molecule has 4 heteroatoms. The summed E-state index contributed by atoms with van der Waals surface area (Å²) < 4.78 is 0. The van der Waals surface area contributed by atoms with Crippen molar-refractivity contribution in [3.8, 4) is 5.75 Å². The Morgan fingerprint density at radius 3 is 2.38 bits per heavy atom. The Hall–Kier alpha value is -1.55. The third-order valence-corrected chi connectivity index (χ3v) is 1.71. The number of carboxylic acid groups (broad SMARTS) is 1. The molecule has 0 saturated heterocycles. The zero-order valence-corrected chi connectivity index (χ0v) is 6.97. The number of rotatable bonds is 3. The van der Waals surface area contributed by atoms with E-state index in [0.29, 0.717) is 0 Å². The molecule has 1 aromatic rings. The monoisotopic (exact) mass is 184 g/mol. The smallest absolute Gasteiger partial charge is 0.320 e. The van der Waals surface area contributed by atoms with Crippen LogP contribution in [0, 0.1) is 0 Å². The highest BCUT2D eigenvalue weighted by Gasteiger charge is 2.11. The van der Waals surface area contributed by atoms with E-state index in [1.165, 1.54) is 12.1 Å². The van der Waals surface area contributed by atoms with Crippen molar-refractivity contribution in [3.05, 3.63) is 29.8 Å². The fourth-order valence-corrected chi connectivity index (χ4v) is 0.973. The number of phenolic OH excluding ortho intramolecular Hbond substituents is 1. The van der Waals surface area contributed by atoms with Crippen LogP contribution in [0.3, 0.4) is 0 Å². The summed E-state index contributed by atoms with van der Waals surface area (Å²) in [5.41, 5.74) is 6.12. The van der Waals surface area contributed by atoms with Crippen molar-refractivity contribution in [2.75, 3.05) is 0 Å². The molecule has 0 aliphatic heterocycles. The molecule has 0 aromatic heterocycles. The van der Waals surface area contributed by atoms with Gasteiger partial charge in [-0.2, -0.15) is 0 Å². The zero-order chi connectivity index (χ0) is 9.84. The SMILES string of the molecule is N[C@@H](C[13c]1ccc(O)[13cH][13cH]1)C(=O)O. The number of carboxylic acids is 1. The number of phenols is 1. The van der Waals surface area contributed by atoms with E-state index in [0.717, 1.165) is 5.56 Å². The number of benzene rings is 1. The summed E-state index contributed by atoms with van der Waals surface area (Å²) in [7, 11) is 0. The first-order valence-electron chi connectivity index (χ1n) is 3.86. The molecule has 4 nitrogen and oxygen atoms in total. The molecule has 1 rings (SSSR count). The third kappa shape index (κ3) is 2.76. The topological polar surface area (TPSA) is 83.5 Å². The van der Waals surface area contributed by atoms with Gasteiger partial charge in [0.1, 0.15) is 11.8 Å². The Labute approximate surface area is 75.6 Å². The maximum Gasteiger partial charge on any atom is 0.320 e. The van der Waals surface area contributed by atoms with Crippen LogP contribution in [-0.2, 0) is 11.2 Å². The minimum Gasteiger partial charge on any atom is -0.508 e. The van der Waals surface area contributed by atoms with Gasteiger partial charge in [0.15, 0.2) is 0 Å². The molecule has 0 fully saturated rings. The lowest BCUT2D eigenvalue weighted by Gasteiger charge is -2.05. The molecule has 4 N–H and O–H groups in total. The molecular formula is C9H11NO3. The number of aromatic hydroxyl groups is 1. The predicted octanol–water partition coefficient (Wildman–Crippen LogP) is 0.347. The van der Waals surface area contributed by atoms with Crippen LogP contribution in [0.5, 0.6) is 5.75 Å². The summed E-state index contributed by atoms with van der Waals surface area (Å²) in [6.45, 7) is 0. The number of hydrogen-bond donors (Lipinski definition) is 3. The molecule has 0 unspecified atom stereocenters. The van der Waals surface area contributed by atoms with Gasteiger partial charge in [-0.1, -0.05) is 12.1 Å². The van der Waals surface area contributed by atoms with Crippen molar-refractivity contribution in [1.29, 1.82) is 0 Å². The Bertz CT molecular complexity index is 294. The second-order valence-electron chi connectivity index (χ2n) is 2.82. The highest BCUT2D eigenvalue weighted by Crippen LogP contribution is 2.10. The zero-order valence-electron chi connectivity index (χ0n) is 6.97. The molecule has 13 heavy (non-hydrogen) atoms. The molecule has 0 spiro atoms. The van der Waals surface area contributed by atoms with Gasteiger partial charge in [-0.15, -0.1) is 0 Å². The lowest BCUT2D eigenvalue weighted by Crippen LogP contribution is -2.32. The molecule has 70 valence electrons. The Balaban J connectivity index is 2.64. The van der Waals surface area contributed by atoms with E-state index < -0.39 is 12.0 Å². The fraction of sp³-hybridized carbons (Fsp3) is 0.222. The van der Waals surface area contributed by atoms with Crippen molar-refractivity contribution < 1.29 is 15.0 Å². The lowest BCUT2D eigenvalue weighted by molar-refractivity contribution is -0.138. The summed E-state index contributed by atoms with van der Waals surface area (Å²) in [6.07, 6.45) is 0.273. The number of hydrogen-bond acceptors (Lipinski definition) is 3. The lowest BCUT2D eigenvalue weighted by atomic mass is 10.3. The number of aliphatic carboxylic acids is 1.